The molecule has 0 radical (unpaired) electrons. The van der Waals surface area contributed by atoms with Crippen molar-refractivity contribution in [2.75, 3.05) is 7.11 Å². The van der Waals surface area contributed by atoms with Crippen molar-refractivity contribution in [1.82, 2.24) is 4.57 Å². The molecular formula is C18H16ClN3OS. The van der Waals surface area contributed by atoms with Crippen LogP contribution in [0.25, 0.3) is 11.3 Å². The molecule has 4 nitrogen and oxygen atoms in total. The van der Waals surface area contributed by atoms with Crippen molar-refractivity contribution >= 4 is 29.2 Å². The molecule has 0 fully saturated rings. The van der Waals surface area contributed by atoms with Gasteiger partial charge in [-0.15, -0.1) is 16.4 Å². The molecule has 0 bridgehead atoms. The zero-order valence-electron chi connectivity index (χ0n) is 13.3. The van der Waals surface area contributed by atoms with Crippen LogP contribution in [-0.4, -0.2) is 17.9 Å². The molecule has 1 aromatic heterocycles. The van der Waals surface area contributed by atoms with Crippen molar-refractivity contribution in [2.45, 2.75) is 0 Å². The number of ether oxygens (including phenoxy) is 1. The van der Waals surface area contributed by atoms with Crippen LogP contribution < -0.4 is 9.54 Å². The van der Waals surface area contributed by atoms with Crippen LogP contribution in [0.1, 0.15) is 5.56 Å². The largest absolute Gasteiger partial charge is 0.497 e. The zero-order valence-corrected chi connectivity index (χ0v) is 14.9. The Balaban J connectivity index is 1.84. The molecule has 0 aliphatic carbocycles. The van der Waals surface area contributed by atoms with Gasteiger partial charge in [0.1, 0.15) is 5.75 Å². The molecule has 1 heterocycles. The SMILES string of the molecule is COc1ccc(-c2cs/c(=N\N=C\c3ccc(Cl)cc3)n2C)cc1. The van der Waals surface area contributed by atoms with Crippen LogP contribution >= 0.6 is 22.9 Å². The minimum absolute atomic E-state index is 0.706. The fourth-order valence-electron chi connectivity index (χ4n) is 2.18. The van der Waals surface area contributed by atoms with Gasteiger partial charge in [-0.1, -0.05) is 23.7 Å². The van der Waals surface area contributed by atoms with Crippen LogP contribution in [-0.2, 0) is 7.05 Å². The first-order chi connectivity index (χ1) is 11.7. The van der Waals surface area contributed by atoms with Gasteiger partial charge in [-0.2, -0.15) is 5.10 Å². The highest BCUT2D eigenvalue weighted by Crippen LogP contribution is 2.22. The molecule has 0 saturated heterocycles. The van der Waals surface area contributed by atoms with Gasteiger partial charge in [0, 0.05) is 17.5 Å². The number of hydrogen-bond donors (Lipinski definition) is 0. The number of halogens is 1. The summed E-state index contributed by atoms with van der Waals surface area (Å²) in [5.74, 6) is 0.842. The Morgan fingerprint density at radius 2 is 1.79 bits per heavy atom. The molecule has 122 valence electrons. The maximum absolute atomic E-state index is 5.86. The van der Waals surface area contributed by atoms with Gasteiger partial charge in [0.15, 0.2) is 0 Å². The van der Waals surface area contributed by atoms with E-state index in [0.29, 0.717) is 5.02 Å². The molecule has 0 saturated carbocycles. The molecule has 0 spiro atoms. The van der Waals surface area contributed by atoms with E-state index in [2.05, 4.69) is 15.6 Å². The Morgan fingerprint density at radius 3 is 2.46 bits per heavy atom. The van der Waals surface area contributed by atoms with Crippen LogP contribution in [0.4, 0.5) is 0 Å². The molecule has 24 heavy (non-hydrogen) atoms. The number of nitrogens with zero attached hydrogens (tertiary/aromatic N) is 3. The number of hydrogen-bond acceptors (Lipinski definition) is 4. The van der Waals surface area contributed by atoms with E-state index in [-0.39, 0.29) is 0 Å². The molecule has 2 aromatic carbocycles. The summed E-state index contributed by atoms with van der Waals surface area (Å²) in [4.78, 5) is 0.825. The second kappa shape index (κ2) is 7.47. The molecule has 3 aromatic rings. The Labute approximate surface area is 149 Å². The molecular weight excluding hydrogens is 342 g/mol. The summed E-state index contributed by atoms with van der Waals surface area (Å²) in [6, 6.07) is 15.4. The average molecular weight is 358 g/mol. The Bertz CT molecular complexity index is 909. The normalized spacial score (nSPS) is 12.0. The van der Waals surface area contributed by atoms with Gasteiger partial charge in [0.05, 0.1) is 19.0 Å². The lowest BCUT2D eigenvalue weighted by Gasteiger charge is -2.04. The third-order valence-corrected chi connectivity index (χ3v) is 4.69. The van der Waals surface area contributed by atoms with Gasteiger partial charge in [-0.05, 0) is 47.5 Å². The van der Waals surface area contributed by atoms with Crippen molar-refractivity contribution in [3.05, 3.63) is 69.3 Å². The maximum atomic E-state index is 5.86. The predicted molar refractivity (Wildman–Crippen MR) is 99.9 cm³/mol. The van der Waals surface area contributed by atoms with Gasteiger partial charge >= 0.3 is 0 Å². The van der Waals surface area contributed by atoms with Gasteiger partial charge in [-0.3, -0.25) is 0 Å². The van der Waals surface area contributed by atoms with Crippen molar-refractivity contribution < 1.29 is 4.74 Å². The van der Waals surface area contributed by atoms with E-state index in [4.69, 9.17) is 16.3 Å². The van der Waals surface area contributed by atoms with Gasteiger partial charge in [0.2, 0.25) is 4.80 Å². The summed E-state index contributed by atoms with van der Waals surface area (Å²) in [6.07, 6.45) is 1.71. The monoisotopic (exact) mass is 357 g/mol. The first-order valence-electron chi connectivity index (χ1n) is 7.29. The number of thiazole rings is 1. The van der Waals surface area contributed by atoms with E-state index < -0.39 is 0 Å². The second-order valence-electron chi connectivity index (χ2n) is 5.09. The first-order valence-corrected chi connectivity index (χ1v) is 8.55. The van der Waals surface area contributed by atoms with Crippen molar-refractivity contribution in [2.24, 2.45) is 17.3 Å². The van der Waals surface area contributed by atoms with Gasteiger partial charge in [-0.25, -0.2) is 0 Å². The van der Waals surface area contributed by atoms with Crippen LogP contribution in [0, 0.1) is 0 Å². The highest BCUT2D eigenvalue weighted by atomic mass is 35.5. The number of aromatic nitrogens is 1. The Morgan fingerprint density at radius 1 is 1.08 bits per heavy atom. The summed E-state index contributed by atoms with van der Waals surface area (Å²) >= 11 is 7.41. The number of methoxy groups -OCH3 is 1. The van der Waals surface area contributed by atoms with Crippen LogP contribution in [0.3, 0.4) is 0 Å². The third-order valence-electron chi connectivity index (χ3n) is 3.53. The zero-order chi connectivity index (χ0) is 16.9. The van der Waals surface area contributed by atoms with E-state index in [0.717, 1.165) is 27.4 Å². The summed E-state index contributed by atoms with van der Waals surface area (Å²) in [5, 5.41) is 11.2. The lowest BCUT2D eigenvalue weighted by molar-refractivity contribution is 0.415. The second-order valence-corrected chi connectivity index (χ2v) is 6.36. The molecule has 6 heteroatoms. The number of rotatable bonds is 4. The third kappa shape index (κ3) is 3.75. The lowest BCUT2D eigenvalue weighted by Crippen LogP contribution is -2.10. The van der Waals surface area contributed by atoms with Crippen LogP contribution in [0.15, 0.2) is 64.1 Å². The minimum Gasteiger partial charge on any atom is -0.497 e. The topological polar surface area (TPSA) is 38.9 Å². The Hall–Kier alpha value is -2.37. The smallest absolute Gasteiger partial charge is 0.210 e. The molecule has 0 aliphatic rings. The molecule has 0 atom stereocenters. The fourth-order valence-corrected chi connectivity index (χ4v) is 3.17. The van der Waals surface area contributed by atoms with Crippen LogP contribution in [0.2, 0.25) is 5.02 Å². The first kappa shape index (κ1) is 16.5. The summed E-state index contributed by atoms with van der Waals surface area (Å²) in [7, 11) is 3.64. The lowest BCUT2D eigenvalue weighted by atomic mass is 10.1. The number of benzene rings is 2. The van der Waals surface area contributed by atoms with E-state index in [1.54, 1.807) is 24.7 Å². The van der Waals surface area contributed by atoms with Crippen molar-refractivity contribution in [1.29, 1.82) is 0 Å². The summed E-state index contributed by atoms with van der Waals surface area (Å²) in [5.41, 5.74) is 3.15. The minimum atomic E-state index is 0.706. The summed E-state index contributed by atoms with van der Waals surface area (Å²) in [6.45, 7) is 0. The Kier molecular flexibility index (Phi) is 5.13. The molecule has 0 unspecified atom stereocenters. The average Bonchev–Trinajstić information content (AvgIpc) is 2.98. The molecule has 0 amide bonds. The quantitative estimate of drug-likeness (QED) is 0.505. The van der Waals surface area contributed by atoms with Crippen molar-refractivity contribution in [3.63, 3.8) is 0 Å². The van der Waals surface area contributed by atoms with E-state index in [9.17, 15) is 0 Å². The van der Waals surface area contributed by atoms with Crippen LogP contribution in [0.5, 0.6) is 5.75 Å². The molecule has 0 N–H and O–H groups in total. The van der Waals surface area contributed by atoms with E-state index >= 15 is 0 Å². The van der Waals surface area contributed by atoms with Gasteiger partial charge < -0.3 is 9.30 Å². The maximum Gasteiger partial charge on any atom is 0.210 e. The summed E-state index contributed by atoms with van der Waals surface area (Å²) < 4.78 is 7.21. The predicted octanol–water partition coefficient (Wildman–Crippen LogP) is 4.35. The highest BCUT2D eigenvalue weighted by Gasteiger charge is 2.04. The standard InChI is InChI=1S/C18H16ClN3OS/c1-22-17(14-5-9-16(23-2)10-6-14)12-24-18(22)21-20-11-13-3-7-15(19)8-4-13/h3-12H,1-2H3/b20-11+,21-18-. The molecule has 0 aliphatic heterocycles. The molecule has 3 rings (SSSR count). The van der Waals surface area contributed by atoms with E-state index in [1.807, 2.05) is 60.1 Å². The van der Waals surface area contributed by atoms with E-state index in [1.165, 1.54) is 0 Å². The highest BCUT2D eigenvalue weighted by molar-refractivity contribution is 7.07. The van der Waals surface area contributed by atoms with Crippen molar-refractivity contribution in [3.8, 4) is 17.0 Å². The fraction of sp³-hybridized carbons (Fsp3) is 0.111. The van der Waals surface area contributed by atoms with Gasteiger partial charge in [0.25, 0.3) is 0 Å².